The van der Waals surface area contributed by atoms with E-state index in [1.807, 2.05) is 39.0 Å². The van der Waals surface area contributed by atoms with Crippen LogP contribution < -0.4 is 5.32 Å². The minimum absolute atomic E-state index is 0.194. The van der Waals surface area contributed by atoms with Gasteiger partial charge >= 0.3 is 5.97 Å². The first kappa shape index (κ1) is 18.6. The maximum atomic E-state index is 12.7. The van der Waals surface area contributed by atoms with Gasteiger partial charge in [0.15, 0.2) is 0 Å². The highest BCUT2D eigenvalue weighted by Gasteiger charge is 2.29. The molecule has 5 heteroatoms. The first-order valence-corrected chi connectivity index (χ1v) is 9.90. The van der Waals surface area contributed by atoms with Crippen LogP contribution in [0, 0.1) is 12.8 Å². The van der Waals surface area contributed by atoms with E-state index in [1.165, 1.54) is 16.2 Å². The topological polar surface area (TPSA) is 55.4 Å². The molecule has 0 spiro atoms. The molecular formula is C21H25NO3S. The van der Waals surface area contributed by atoms with Crippen molar-refractivity contribution in [3.8, 4) is 0 Å². The number of carbonyl (C=O) groups is 2. The van der Waals surface area contributed by atoms with Gasteiger partial charge in [-0.25, -0.2) is 4.79 Å². The lowest BCUT2D eigenvalue weighted by atomic mass is 9.88. The number of aryl methyl sites for hydroxylation is 1. The fourth-order valence-corrected chi connectivity index (χ4v) is 4.68. The van der Waals surface area contributed by atoms with Crippen molar-refractivity contribution in [2.45, 2.75) is 53.1 Å². The van der Waals surface area contributed by atoms with Gasteiger partial charge < -0.3 is 10.1 Å². The second-order valence-electron chi connectivity index (χ2n) is 7.33. The summed E-state index contributed by atoms with van der Waals surface area (Å²) in [7, 11) is 0. The van der Waals surface area contributed by atoms with E-state index in [9.17, 15) is 9.59 Å². The Bertz CT molecular complexity index is 838. The molecule has 1 aliphatic carbocycles. The molecule has 0 radical (unpaired) electrons. The predicted molar refractivity (Wildman–Crippen MR) is 105 cm³/mol. The van der Waals surface area contributed by atoms with Crippen LogP contribution in [-0.4, -0.2) is 18.0 Å². The SMILES string of the molecule is Cc1cccc(C(=O)Nc2sc3c(c2C(=O)OC(C)C)CCC(C)C3)c1. The molecule has 1 atom stereocenters. The number of carbonyl (C=O) groups excluding carboxylic acids is 2. The van der Waals surface area contributed by atoms with Crippen molar-refractivity contribution in [3.05, 3.63) is 51.4 Å². The van der Waals surface area contributed by atoms with Crippen molar-refractivity contribution in [2.24, 2.45) is 5.92 Å². The van der Waals surface area contributed by atoms with E-state index >= 15 is 0 Å². The Morgan fingerprint density at radius 1 is 1.31 bits per heavy atom. The van der Waals surface area contributed by atoms with Crippen molar-refractivity contribution < 1.29 is 14.3 Å². The van der Waals surface area contributed by atoms with E-state index in [4.69, 9.17) is 4.74 Å². The van der Waals surface area contributed by atoms with E-state index in [0.29, 0.717) is 22.0 Å². The lowest BCUT2D eigenvalue weighted by Crippen LogP contribution is -2.18. The molecule has 0 fully saturated rings. The van der Waals surface area contributed by atoms with E-state index in [0.717, 1.165) is 30.4 Å². The Balaban J connectivity index is 1.95. The molecule has 1 N–H and O–H groups in total. The number of anilines is 1. The lowest BCUT2D eigenvalue weighted by Gasteiger charge is -2.18. The van der Waals surface area contributed by atoms with Gasteiger partial charge in [-0.05, 0) is 63.6 Å². The Morgan fingerprint density at radius 3 is 2.77 bits per heavy atom. The number of hydrogen-bond acceptors (Lipinski definition) is 4. The van der Waals surface area contributed by atoms with Crippen molar-refractivity contribution in [1.82, 2.24) is 0 Å². The van der Waals surface area contributed by atoms with Crippen LogP contribution in [0.15, 0.2) is 24.3 Å². The summed E-state index contributed by atoms with van der Waals surface area (Å²) in [6.45, 7) is 7.85. The highest BCUT2D eigenvalue weighted by molar-refractivity contribution is 7.17. The molecule has 0 aliphatic heterocycles. The summed E-state index contributed by atoms with van der Waals surface area (Å²) < 4.78 is 5.45. The second-order valence-corrected chi connectivity index (χ2v) is 8.44. The molecule has 4 nitrogen and oxygen atoms in total. The zero-order valence-electron chi connectivity index (χ0n) is 15.7. The van der Waals surface area contributed by atoms with Crippen LogP contribution in [0.1, 0.15) is 63.9 Å². The van der Waals surface area contributed by atoms with Gasteiger partial charge in [-0.15, -0.1) is 11.3 Å². The van der Waals surface area contributed by atoms with Crippen molar-refractivity contribution in [1.29, 1.82) is 0 Å². The second kappa shape index (κ2) is 7.62. The summed E-state index contributed by atoms with van der Waals surface area (Å²) in [6, 6.07) is 7.44. The van der Waals surface area contributed by atoms with Crippen LogP contribution in [0.3, 0.4) is 0 Å². The summed E-state index contributed by atoms with van der Waals surface area (Å²) in [5.74, 6) is 0.0565. The molecule has 1 aromatic carbocycles. The van der Waals surface area contributed by atoms with Gasteiger partial charge in [0, 0.05) is 10.4 Å². The fraction of sp³-hybridized carbons (Fsp3) is 0.429. The summed E-state index contributed by atoms with van der Waals surface area (Å²) in [6.07, 6.45) is 2.66. The molecule has 1 heterocycles. The Morgan fingerprint density at radius 2 is 2.08 bits per heavy atom. The quantitative estimate of drug-likeness (QED) is 0.770. The van der Waals surface area contributed by atoms with Crippen LogP contribution in [0.5, 0.6) is 0 Å². The maximum Gasteiger partial charge on any atom is 0.341 e. The molecule has 0 bridgehead atoms. The number of ether oxygens (including phenoxy) is 1. The van der Waals surface area contributed by atoms with Gasteiger partial charge in [0.2, 0.25) is 0 Å². The van der Waals surface area contributed by atoms with Gasteiger partial charge in [0.05, 0.1) is 11.7 Å². The standard InChI is InChI=1S/C21H25NO3S/c1-12(2)25-21(24)18-16-9-8-14(4)11-17(16)26-20(18)22-19(23)15-7-5-6-13(3)10-15/h5-7,10,12,14H,8-9,11H2,1-4H3,(H,22,23). The Kier molecular flexibility index (Phi) is 5.47. The van der Waals surface area contributed by atoms with Gasteiger partial charge in [-0.3, -0.25) is 4.79 Å². The summed E-state index contributed by atoms with van der Waals surface area (Å²) >= 11 is 1.52. The largest absolute Gasteiger partial charge is 0.459 e. The van der Waals surface area contributed by atoms with Crippen molar-refractivity contribution in [3.63, 3.8) is 0 Å². The number of thiophene rings is 1. The molecule has 1 unspecified atom stereocenters. The van der Waals surface area contributed by atoms with Crippen molar-refractivity contribution >= 4 is 28.2 Å². The highest BCUT2D eigenvalue weighted by atomic mass is 32.1. The third-order valence-corrected chi connectivity index (χ3v) is 5.74. The molecule has 2 aromatic rings. The maximum absolute atomic E-state index is 12.7. The van der Waals surface area contributed by atoms with E-state index in [-0.39, 0.29) is 18.0 Å². The Hall–Kier alpha value is -2.14. The van der Waals surface area contributed by atoms with Crippen LogP contribution in [0.4, 0.5) is 5.00 Å². The minimum Gasteiger partial charge on any atom is -0.459 e. The normalized spacial score (nSPS) is 16.3. The molecule has 3 rings (SSSR count). The average molecular weight is 372 g/mol. The van der Waals surface area contributed by atoms with Crippen LogP contribution in [-0.2, 0) is 17.6 Å². The Labute approximate surface area is 158 Å². The molecule has 26 heavy (non-hydrogen) atoms. The first-order valence-electron chi connectivity index (χ1n) is 9.08. The summed E-state index contributed by atoms with van der Waals surface area (Å²) in [5, 5.41) is 3.57. The first-order chi connectivity index (χ1) is 12.3. The highest BCUT2D eigenvalue weighted by Crippen LogP contribution is 2.40. The van der Waals surface area contributed by atoms with E-state index < -0.39 is 0 Å². The monoisotopic (exact) mass is 371 g/mol. The van der Waals surface area contributed by atoms with Gasteiger partial charge in [-0.2, -0.15) is 0 Å². The van der Waals surface area contributed by atoms with Crippen LogP contribution in [0.25, 0.3) is 0 Å². The fourth-order valence-electron chi connectivity index (χ4n) is 3.29. The van der Waals surface area contributed by atoms with E-state index in [2.05, 4.69) is 12.2 Å². The molecule has 0 saturated carbocycles. The molecule has 1 aliphatic rings. The molecular weight excluding hydrogens is 346 g/mol. The average Bonchev–Trinajstić information content (AvgIpc) is 2.91. The number of esters is 1. The molecule has 1 amide bonds. The minimum atomic E-state index is -0.341. The van der Waals surface area contributed by atoms with E-state index in [1.54, 1.807) is 6.07 Å². The zero-order valence-corrected chi connectivity index (χ0v) is 16.5. The summed E-state index contributed by atoms with van der Waals surface area (Å²) in [5.41, 5.74) is 3.22. The van der Waals surface area contributed by atoms with Crippen LogP contribution >= 0.6 is 11.3 Å². The zero-order chi connectivity index (χ0) is 18.8. The number of benzene rings is 1. The van der Waals surface area contributed by atoms with Gasteiger partial charge in [0.25, 0.3) is 5.91 Å². The lowest BCUT2D eigenvalue weighted by molar-refractivity contribution is 0.0378. The number of fused-ring (bicyclic) bond motifs is 1. The smallest absolute Gasteiger partial charge is 0.341 e. The number of nitrogens with one attached hydrogen (secondary N) is 1. The predicted octanol–water partition coefficient (Wildman–Crippen LogP) is 5.00. The van der Waals surface area contributed by atoms with Crippen molar-refractivity contribution in [2.75, 3.05) is 5.32 Å². The third kappa shape index (κ3) is 3.98. The third-order valence-electron chi connectivity index (χ3n) is 4.57. The molecule has 138 valence electrons. The van der Waals surface area contributed by atoms with Gasteiger partial charge in [0.1, 0.15) is 5.00 Å². The van der Waals surface area contributed by atoms with Crippen LogP contribution in [0.2, 0.25) is 0 Å². The molecule has 1 aromatic heterocycles. The number of rotatable bonds is 4. The number of hydrogen-bond donors (Lipinski definition) is 1. The van der Waals surface area contributed by atoms with Gasteiger partial charge in [-0.1, -0.05) is 24.6 Å². The number of amides is 1. The summed E-state index contributed by atoms with van der Waals surface area (Å²) in [4.78, 5) is 26.6. The molecule has 0 saturated heterocycles.